The van der Waals surface area contributed by atoms with Crippen molar-refractivity contribution in [1.29, 1.82) is 0 Å². The smallest absolute Gasteiger partial charge is 0.482 e. The Morgan fingerprint density at radius 1 is 1.20 bits per heavy atom. The number of hydrogen-bond donors (Lipinski definition) is 0. The van der Waals surface area contributed by atoms with Gasteiger partial charge in [-0.2, -0.15) is 0 Å². The van der Waals surface area contributed by atoms with Gasteiger partial charge in [0.25, 0.3) is 0 Å². The summed E-state index contributed by atoms with van der Waals surface area (Å²) < 4.78 is 46.8. The fraction of sp³-hybridized carbons (Fsp3) is 0.333. The second-order valence-corrected chi connectivity index (χ2v) is 3.44. The Morgan fingerprint density at radius 3 is 2.53 bits per heavy atom. The van der Waals surface area contributed by atoms with Crippen LogP contribution in [0.25, 0.3) is 0 Å². The van der Waals surface area contributed by atoms with E-state index in [0.717, 1.165) is 0 Å². The summed E-state index contributed by atoms with van der Waals surface area (Å²) in [5.74, 6) is 0.886. The quantitative estimate of drug-likeness (QED) is 0.709. The lowest BCUT2D eigenvalue weighted by Gasteiger charge is -2.29. The first-order valence-corrected chi connectivity index (χ1v) is 4.64. The van der Waals surface area contributed by atoms with Crippen LogP contribution in [0.3, 0.4) is 0 Å². The van der Waals surface area contributed by atoms with E-state index < -0.39 is 19.4 Å². The second-order valence-electron chi connectivity index (χ2n) is 3.44. The zero-order chi connectivity index (χ0) is 10.9. The second kappa shape index (κ2) is 3.68. The molecule has 2 nitrogen and oxygen atoms in total. The van der Waals surface area contributed by atoms with Gasteiger partial charge < -0.3 is 22.4 Å². The summed E-state index contributed by atoms with van der Waals surface area (Å²) in [5, 5.41) is 0. The van der Waals surface area contributed by atoms with Crippen molar-refractivity contribution in [3.8, 4) is 11.5 Å². The van der Waals surface area contributed by atoms with E-state index in [4.69, 9.17) is 9.47 Å². The molecule has 1 unspecified atom stereocenters. The van der Waals surface area contributed by atoms with Gasteiger partial charge in [0.2, 0.25) is 0 Å². The van der Waals surface area contributed by atoms with Crippen molar-refractivity contribution in [3.05, 3.63) is 24.3 Å². The molecular weight excluding hydrogens is 208 g/mol. The van der Waals surface area contributed by atoms with Crippen LogP contribution in [0, 0.1) is 0 Å². The van der Waals surface area contributed by atoms with E-state index in [0.29, 0.717) is 11.5 Å². The fourth-order valence-corrected chi connectivity index (χ4v) is 1.48. The zero-order valence-corrected chi connectivity index (χ0v) is 7.83. The van der Waals surface area contributed by atoms with Gasteiger partial charge in [-0.25, -0.2) is 0 Å². The minimum absolute atomic E-state index is 0.0434. The van der Waals surface area contributed by atoms with Crippen molar-refractivity contribution >= 4 is 6.98 Å². The fourth-order valence-electron chi connectivity index (χ4n) is 1.48. The van der Waals surface area contributed by atoms with Gasteiger partial charge in [0.15, 0.2) is 11.5 Å². The molecule has 0 spiro atoms. The maximum Gasteiger partial charge on any atom is 0.482 e. The monoisotopic (exact) mass is 217 g/mol. The Bertz CT molecular complexity index is 353. The lowest BCUT2D eigenvalue weighted by atomic mass is 9.83. The molecule has 1 aromatic rings. The van der Waals surface area contributed by atoms with E-state index in [1.54, 1.807) is 24.3 Å². The molecule has 1 aliphatic rings. The summed E-state index contributed by atoms with van der Waals surface area (Å²) in [6.07, 6.45) is -1.84. The van der Waals surface area contributed by atoms with Crippen LogP contribution in [0.15, 0.2) is 24.3 Å². The lowest BCUT2D eigenvalue weighted by Crippen LogP contribution is -2.35. The molecule has 82 valence electrons. The molecule has 0 saturated carbocycles. The standard InChI is InChI=1S/C9H9BF3O2/c11-10(12,13)5-7-6-14-8-3-1-2-4-9(8)15-7/h1-4,7H,5-6H2/q-1. The molecule has 2 rings (SSSR count). The largest absolute Gasteiger partial charge is 0.486 e. The average Bonchev–Trinajstić information content (AvgIpc) is 2.15. The lowest BCUT2D eigenvalue weighted by molar-refractivity contribution is 0.0981. The maximum absolute atomic E-state index is 12.1. The number of benzene rings is 1. The molecule has 1 aliphatic heterocycles. The molecule has 0 amide bonds. The first-order valence-electron chi connectivity index (χ1n) is 4.64. The van der Waals surface area contributed by atoms with Gasteiger partial charge >= 0.3 is 6.98 Å². The Morgan fingerprint density at radius 2 is 1.87 bits per heavy atom. The molecule has 0 aromatic heterocycles. The molecule has 1 atom stereocenters. The first kappa shape index (κ1) is 10.2. The summed E-state index contributed by atoms with van der Waals surface area (Å²) in [7, 11) is 0. The summed E-state index contributed by atoms with van der Waals surface area (Å²) in [5.41, 5.74) is 0. The van der Waals surface area contributed by atoms with Crippen molar-refractivity contribution in [2.45, 2.75) is 12.4 Å². The van der Waals surface area contributed by atoms with Gasteiger partial charge in [0, 0.05) is 0 Å². The van der Waals surface area contributed by atoms with E-state index in [1.807, 2.05) is 0 Å². The van der Waals surface area contributed by atoms with Crippen LogP contribution in [-0.2, 0) is 0 Å². The van der Waals surface area contributed by atoms with Crippen LogP contribution in [0.1, 0.15) is 0 Å². The SMILES string of the molecule is F[B-](F)(F)CC1COc2ccccc2O1. The molecule has 0 radical (unpaired) electrons. The summed E-state index contributed by atoms with van der Waals surface area (Å²) in [6, 6.07) is 6.72. The number of hydrogen-bond acceptors (Lipinski definition) is 2. The van der Waals surface area contributed by atoms with Gasteiger partial charge in [0.1, 0.15) is 12.7 Å². The molecule has 6 heteroatoms. The molecule has 1 aromatic carbocycles. The summed E-state index contributed by atoms with van der Waals surface area (Å²) in [4.78, 5) is 0. The molecule has 1 heterocycles. The predicted octanol–water partition coefficient (Wildman–Crippen LogP) is 2.67. The van der Waals surface area contributed by atoms with E-state index >= 15 is 0 Å². The van der Waals surface area contributed by atoms with Crippen molar-refractivity contribution in [2.75, 3.05) is 6.61 Å². The van der Waals surface area contributed by atoms with Gasteiger partial charge in [-0.05, 0) is 18.5 Å². The first-order chi connectivity index (χ1) is 7.04. The normalized spacial score (nSPS) is 20.1. The van der Waals surface area contributed by atoms with Crippen LogP contribution >= 0.6 is 0 Å². The van der Waals surface area contributed by atoms with Crippen molar-refractivity contribution in [3.63, 3.8) is 0 Å². The topological polar surface area (TPSA) is 18.5 Å². The molecule has 0 N–H and O–H groups in total. The van der Waals surface area contributed by atoms with E-state index in [9.17, 15) is 12.9 Å². The van der Waals surface area contributed by atoms with E-state index in [1.165, 1.54) is 0 Å². The van der Waals surface area contributed by atoms with Crippen molar-refractivity contribution in [2.24, 2.45) is 0 Å². The third-order valence-corrected chi connectivity index (χ3v) is 2.10. The van der Waals surface area contributed by atoms with Gasteiger partial charge in [0.05, 0.1) is 0 Å². The van der Waals surface area contributed by atoms with Crippen molar-refractivity contribution < 1.29 is 22.4 Å². The molecule has 0 fully saturated rings. The highest BCUT2D eigenvalue weighted by molar-refractivity contribution is 6.58. The molecular formula is C9H9BF3O2-. The Balaban J connectivity index is 2.06. The van der Waals surface area contributed by atoms with E-state index in [2.05, 4.69) is 0 Å². The van der Waals surface area contributed by atoms with Gasteiger partial charge in [-0.15, -0.1) is 0 Å². The minimum atomic E-state index is -4.83. The number of para-hydroxylation sites is 2. The molecule has 0 aliphatic carbocycles. The zero-order valence-electron chi connectivity index (χ0n) is 7.83. The highest BCUT2D eigenvalue weighted by Crippen LogP contribution is 2.33. The predicted molar refractivity (Wildman–Crippen MR) is 50.2 cm³/mol. The minimum Gasteiger partial charge on any atom is -0.486 e. The molecule has 0 saturated heterocycles. The third kappa shape index (κ3) is 2.58. The van der Waals surface area contributed by atoms with Gasteiger partial charge in [-0.3, -0.25) is 0 Å². The molecule has 15 heavy (non-hydrogen) atoms. The van der Waals surface area contributed by atoms with Crippen LogP contribution in [0.5, 0.6) is 11.5 Å². The highest BCUT2D eigenvalue weighted by Gasteiger charge is 2.31. The van der Waals surface area contributed by atoms with Crippen LogP contribution in [0.4, 0.5) is 12.9 Å². The maximum atomic E-state index is 12.1. The summed E-state index contributed by atoms with van der Waals surface area (Å²) in [6.45, 7) is -4.87. The Labute approximate surface area is 85.1 Å². The Kier molecular flexibility index (Phi) is 2.50. The highest BCUT2D eigenvalue weighted by atomic mass is 19.4. The molecule has 0 bridgehead atoms. The van der Waals surface area contributed by atoms with E-state index in [-0.39, 0.29) is 6.61 Å². The number of halogens is 3. The third-order valence-electron chi connectivity index (χ3n) is 2.10. The van der Waals surface area contributed by atoms with Crippen LogP contribution < -0.4 is 9.47 Å². The van der Waals surface area contributed by atoms with Crippen molar-refractivity contribution in [1.82, 2.24) is 0 Å². The Hall–Kier alpha value is -1.33. The van der Waals surface area contributed by atoms with Crippen LogP contribution in [0.2, 0.25) is 6.32 Å². The van der Waals surface area contributed by atoms with Crippen LogP contribution in [-0.4, -0.2) is 19.7 Å². The van der Waals surface area contributed by atoms with Gasteiger partial charge in [-0.1, -0.05) is 12.1 Å². The number of fused-ring (bicyclic) bond motifs is 1. The number of rotatable bonds is 2. The number of ether oxygens (including phenoxy) is 2. The average molecular weight is 217 g/mol. The summed E-state index contributed by atoms with van der Waals surface area (Å²) >= 11 is 0.